The van der Waals surface area contributed by atoms with Gasteiger partial charge >= 0.3 is 5.69 Å². The molecule has 1 N–H and O–H groups in total. The van der Waals surface area contributed by atoms with Crippen molar-refractivity contribution in [1.82, 2.24) is 9.88 Å². The van der Waals surface area contributed by atoms with Crippen molar-refractivity contribution in [1.29, 1.82) is 5.26 Å². The minimum Gasteiger partial charge on any atom is -0.364 e. The van der Waals surface area contributed by atoms with Crippen molar-refractivity contribution in [3.63, 3.8) is 0 Å². The van der Waals surface area contributed by atoms with E-state index in [-0.39, 0.29) is 42.0 Å². The Morgan fingerprint density at radius 2 is 2.39 bits per heavy atom. The summed E-state index contributed by atoms with van der Waals surface area (Å²) in [7, 11) is 0. The van der Waals surface area contributed by atoms with Crippen LogP contribution in [-0.2, 0) is 4.79 Å². The van der Waals surface area contributed by atoms with Gasteiger partial charge in [-0.1, -0.05) is 0 Å². The van der Waals surface area contributed by atoms with E-state index in [1.165, 1.54) is 12.3 Å². The molecule has 2 heterocycles. The van der Waals surface area contributed by atoms with E-state index in [1.54, 1.807) is 6.07 Å². The molecule has 0 bridgehead atoms. The number of nitriles is 1. The lowest BCUT2D eigenvalue weighted by molar-refractivity contribution is -0.384. The Morgan fingerprint density at radius 1 is 1.61 bits per heavy atom. The number of amides is 1. The Bertz CT molecular complexity index is 640. The molecule has 1 aliphatic rings. The number of carbonyl (C=O) groups is 1. The lowest BCUT2D eigenvalue weighted by atomic mass is 10.0. The summed E-state index contributed by atoms with van der Waals surface area (Å²) >= 11 is 0. The van der Waals surface area contributed by atoms with Crippen LogP contribution in [0, 0.1) is 21.4 Å². The minimum atomic E-state index is -0.636. The molecule has 1 atom stereocenters. The van der Waals surface area contributed by atoms with Gasteiger partial charge in [0.1, 0.15) is 11.6 Å². The Hall–Kier alpha value is -2.69. The normalized spacial score (nSPS) is 17.4. The van der Waals surface area contributed by atoms with Crippen LogP contribution in [0.3, 0.4) is 0 Å². The summed E-state index contributed by atoms with van der Waals surface area (Å²) in [4.78, 5) is 28.4. The molecule has 1 fully saturated rings. The molecule has 0 aromatic carbocycles. The van der Waals surface area contributed by atoms with Crippen LogP contribution in [0.15, 0.2) is 12.3 Å². The number of hydrogen-bond donors (Lipinski definition) is 1. The van der Waals surface area contributed by atoms with Gasteiger partial charge in [-0.25, -0.2) is 4.98 Å². The monoisotopic (exact) mass is 317 g/mol. The number of rotatable bonds is 5. The molecule has 0 unspecified atom stereocenters. The molecule has 0 spiro atoms. The minimum absolute atomic E-state index is 0.0218. The van der Waals surface area contributed by atoms with Crippen molar-refractivity contribution in [2.75, 3.05) is 18.4 Å². The van der Waals surface area contributed by atoms with Gasteiger partial charge in [0.15, 0.2) is 0 Å². The fourth-order valence-corrected chi connectivity index (χ4v) is 2.76. The topological polar surface area (TPSA) is 112 Å². The van der Waals surface area contributed by atoms with Gasteiger partial charge < -0.3 is 10.2 Å². The van der Waals surface area contributed by atoms with Crippen molar-refractivity contribution in [3.8, 4) is 6.07 Å². The highest BCUT2D eigenvalue weighted by Crippen LogP contribution is 2.25. The van der Waals surface area contributed by atoms with Crippen LogP contribution in [-0.4, -0.2) is 39.8 Å². The van der Waals surface area contributed by atoms with E-state index in [0.29, 0.717) is 0 Å². The highest BCUT2D eigenvalue weighted by Gasteiger charge is 2.24. The molecule has 1 saturated heterocycles. The zero-order valence-corrected chi connectivity index (χ0v) is 13.0. The summed E-state index contributed by atoms with van der Waals surface area (Å²) < 4.78 is 0. The number of piperidine rings is 1. The summed E-state index contributed by atoms with van der Waals surface area (Å²) in [6.07, 6.45) is 4.74. The number of anilines is 1. The SMILES string of the molecule is C[C@@H]1CCCCN1C(=O)CCNc1nccc(C#N)c1[N+](=O)[O-]. The van der Waals surface area contributed by atoms with Gasteiger partial charge in [-0.05, 0) is 32.3 Å². The number of aromatic nitrogens is 1. The van der Waals surface area contributed by atoms with Gasteiger partial charge in [0.05, 0.1) is 4.92 Å². The van der Waals surface area contributed by atoms with Crippen molar-refractivity contribution in [2.24, 2.45) is 0 Å². The van der Waals surface area contributed by atoms with Crippen molar-refractivity contribution < 1.29 is 9.72 Å². The van der Waals surface area contributed by atoms with Gasteiger partial charge in [-0.2, -0.15) is 5.26 Å². The lowest BCUT2D eigenvalue weighted by Crippen LogP contribution is -2.42. The molecule has 0 radical (unpaired) electrons. The molecular weight excluding hydrogens is 298 g/mol. The van der Waals surface area contributed by atoms with E-state index in [1.807, 2.05) is 11.8 Å². The van der Waals surface area contributed by atoms with E-state index < -0.39 is 4.92 Å². The highest BCUT2D eigenvalue weighted by atomic mass is 16.6. The summed E-state index contributed by atoms with van der Waals surface area (Å²) in [5.74, 6) is 0.0531. The van der Waals surface area contributed by atoms with Crippen molar-refractivity contribution in [3.05, 3.63) is 27.9 Å². The molecule has 1 aromatic rings. The molecule has 1 aliphatic heterocycles. The first-order valence-corrected chi connectivity index (χ1v) is 7.61. The zero-order chi connectivity index (χ0) is 16.8. The molecule has 8 nitrogen and oxygen atoms in total. The zero-order valence-electron chi connectivity index (χ0n) is 13.0. The van der Waals surface area contributed by atoms with Gasteiger partial charge in [0.2, 0.25) is 11.7 Å². The van der Waals surface area contributed by atoms with Gasteiger partial charge in [0, 0.05) is 31.7 Å². The number of hydrogen-bond acceptors (Lipinski definition) is 6. The Balaban J connectivity index is 1.98. The van der Waals surface area contributed by atoms with Crippen LogP contribution >= 0.6 is 0 Å². The highest BCUT2D eigenvalue weighted by molar-refractivity contribution is 5.77. The van der Waals surface area contributed by atoms with Crippen LogP contribution in [0.4, 0.5) is 11.5 Å². The fraction of sp³-hybridized carbons (Fsp3) is 0.533. The Morgan fingerprint density at radius 3 is 3.04 bits per heavy atom. The van der Waals surface area contributed by atoms with E-state index in [9.17, 15) is 14.9 Å². The Labute approximate surface area is 134 Å². The molecule has 2 rings (SSSR count). The number of pyridine rings is 1. The maximum atomic E-state index is 12.2. The standard InChI is InChI=1S/C15H19N5O3/c1-11-4-2-3-9-19(11)13(21)6-8-18-15-14(20(22)23)12(10-16)5-7-17-15/h5,7,11H,2-4,6,8-9H2,1H3,(H,17,18)/t11-/m1/s1. The van der Waals surface area contributed by atoms with Crippen LogP contribution in [0.2, 0.25) is 0 Å². The van der Waals surface area contributed by atoms with E-state index in [0.717, 1.165) is 25.8 Å². The lowest BCUT2D eigenvalue weighted by Gasteiger charge is -2.33. The molecule has 8 heteroatoms. The van der Waals surface area contributed by atoms with Crippen LogP contribution in [0.5, 0.6) is 0 Å². The first-order valence-electron chi connectivity index (χ1n) is 7.61. The molecular formula is C15H19N5O3. The Kier molecular flexibility index (Phi) is 5.46. The molecule has 1 aromatic heterocycles. The second kappa shape index (κ2) is 7.54. The van der Waals surface area contributed by atoms with Crippen LogP contribution < -0.4 is 5.32 Å². The molecule has 122 valence electrons. The third kappa shape index (κ3) is 3.94. The smallest absolute Gasteiger partial charge is 0.328 e. The first-order chi connectivity index (χ1) is 11.0. The quantitative estimate of drug-likeness (QED) is 0.657. The summed E-state index contributed by atoms with van der Waals surface area (Å²) in [5, 5.41) is 22.8. The van der Waals surface area contributed by atoms with Gasteiger partial charge in [-0.3, -0.25) is 14.9 Å². The van der Waals surface area contributed by atoms with Gasteiger partial charge in [-0.15, -0.1) is 0 Å². The number of nitro groups is 1. The van der Waals surface area contributed by atoms with Crippen molar-refractivity contribution >= 4 is 17.4 Å². The number of likely N-dealkylation sites (tertiary alicyclic amines) is 1. The molecule has 23 heavy (non-hydrogen) atoms. The van der Waals surface area contributed by atoms with E-state index in [2.05, 4.69) is 10.3 Å². The third-order valence-electron chi connectivity index (χ3n) is 3.98. The van der Waals surface area contributed by atoms with Crippen molar-refractivity contribution in [2.45, 2.75) is 38.6 Å². The number of nitrogens with one attached hydrogen (secondary N) is 1. The van der Waals surface area contributed by atoms with E-state index >= 15 is 0 Å². The second-order valence-corrected chi connectivity index (χ2v) is 5.53. The van der Waals surface area contributed by atoms with Gasteiger partial charge in [0.25, 0.3) is 0 Å². The summed E-state index contributed by atoms with van der Waals surface area (Å²) in [6.45, 7) is 3.04. The fourth-order valence-electron chi connectivity index (χ4n) is 2.76. The summed E-state index contributed by atoms with van der Waals surface area (Å²) in [5.41, 5.74) is -0.405. The summed E-state index contributed by atoms with van der Waals surface area (Å²) in [6, 6.07) is 3.31. The number of carbonyl (C=O) groups excluding carboxylic acids is 1. The van der Waals surface area contributed by atoms with E-state index in [4.69, 9.17) is 5.26 Å². The van der Waals surface area contributed by atoms with Crippen LogP contribution in [0.25, 0.3) is 0 Å². The third-order valence-corrected chi connectivity index (χ3v) is 3.98. The second-order valence-electron chi connectivity index (χ2n) is 5.53. The molecule has 0 saturated carbocycles. The average Bonchev–Trinajstić information content (AvgIpc) is 2.54. The van der Waals surface area contributed by atoms with Crippen LogP contribution in [0.1, 0.15) is 38.2 Å². The average molecular weight is 317 g/mol. The number of nitrogens with zero attached hydrogens (tertiary/aromatic N) is 4. The maximum Gasteiger partial charge on any atom is 0.328 e. The molecule has 0 aliphatic carbocycles. The first kappa shape index (κ1) is 16.7. The maximum absolute atomic E-state index is 12.2. The predicted octanol–water partition coefficient (Wildman–Crippen LogP) is 2.06. The molecule has 1 amide bonds. The largest absolute Gasteiger partial charge is 0.364 e. The predicted molar refractivity (Wildman–Crippen MR) is 83.7 cm³/mol.